The Hall–Kier alpha value is -2.19. The minimum atomic E-state index is -3.74. The van der Waals surface area contributed by atoms with Crippen LogP contribution in [0.1, 0.15) is 42.6 Å². The molecule has 24 heavy (non-hydrogen) atoms. The third-order valence-corrected chi connectivity index (χ3v) is 5.36. The minimum Gasteiger partial charge on any atom is -0.334 e. The van der Waals surface area contributed by atoms with E-state index in [1.54, 1.807) is 24.3 Å². The largest absolute Gasteiger partial charge is 0.334 e. The Morgan fingerprint density at radius 3 is 2.54 bits per heavy atom. The number of aromatic nitrogens is 2. The molecule has 0 radical (unpaired) electrons. The molecule has 1 heterocycles. The van der Waals surface area contributed by atoms with Crippen molar-refractivity contribution in [3.8, 4) is 0 Å². The first-order chi connectivity index (χ1) is 11.5. The normalized spacial score (nSPS) is 16.0. The van der Waals surface area contributed by atoms with Crippen LogP contribution in [0.5, 0.6) is 0 Å². The van der Waals surface area contributed by atoms with Crippen molar-refractivity contribution in [3.63, 3.8) is 0 Å². The molecule has 1 aromatic heterocycles. The topological polar surface area (TPSA) is 104 Å². The summed E-state index contributed by atoms with van der Waals surface area (Å²) in [6, 6.07) is 8.86. The van der Waals surface area contributed by atoms with Gasteiger partial charge in [-0.15, -0.1) is 0 Å². The fourth-order valence-electron chi connectivity index (χ4n) is 2.77. The van der Waals surface area contributed by atoms with E-state index in [0.29, 0.717) is 5.69 Å². The summed E-state index contributed by atoms with van der Waals surface area (Å²) in [6.45, 7) is 0. The van der Waals surface area contributed by atoms with Crippen LogP contribution in [-0.2, 0) is 10.0 Å². The first-order valence-electron chi connectivity index (χ1n) is 7.99. The summed E-state index contributed by atoms with van der Waals surface area (Å²) in [5.41, 5.74) is 0.651. The van der Waals surface area contributed by atoms with Crippen LogP contribution in [0.25, 0.3) is 0 Å². The zero-order valence-corrected chi connectivity index (χ0v) is 14.0. The average molecular weight is 348 g/mol. The second kappa shape index (κ2) is 7.14. The molecule has 3 N–H and O–H groups in total. The van der Waals surface area contributed by atoms with Gasteiger partial charge < -0.3 is 10.3 Å². The van der Waals surface area contributed by atoms with Crippen molar-refractivity contribution in [1.82, 2.24) is 14.7 Å². The van der Waals surface area contributed by atoms with Gasteiger partial charge in [0.1, 0.15) is 5.69 Å². The van der Waals surface area contributed by atoms with E-state index in [0.717, 1.165) is 32.1 Å². The van der Waals surface area contributed by atoms with Crippen molar-refractivity contribution in [3.05, 3.63) is 42.2 Å². The number of carbonyl (C=O) groups is 1. The molecular formula is C16H20N4O3S. The van der Waals surface area contributed by atoms with Crippen molar-refractivity contribution < 1.29 is 13.2 Å². The van der Waals surface area contributed by atoms with Gasteiger partial charge in [0.25, 0.3) is 15.9 Å². The minimum absolute atomic E-state index is 0.0304. The standard InChI is InChI=1S/C16H20N4O3S/c21-15(18-12-7-3-1-4-8-12)14-11-17-16(19-14)24(22,23)20-13-9-5-2-6-10-13/h1,3-4,7-8,11,13,20H,2,5-6,9-10H2,(H,17,19)(H,18,21). The molecule has 0 spiro atoms. The maximum atomic E-state index is 12.4. The monoisotopic (exact) mass is 348 g/mol. The van der Waals surface area contributed by atoms with Gasteiger partial charge in [-0.1, -0.05) is 37.5 Å². The van der Waals surface area contributed by atoms with Crippen LogP contribution in [0.15, 0.2) is 41.7 Å². The van der Waals surface area contributed by atoms with Crippen LogP contribution in [0.2, 0.25) is 0 Å². The molecule has 1 fully saturated rings. The number of sulfonamides is 1. The zero-order valence-electron chi connectivity index (χ0n) is 13.2. The molecule has 0 saturated heterocycles. The summed E-state index contributed by atoms with van der Waals surface area (Å²) >= 11 is 0. The highest BCUT2D eigenvalue weighted by Crippen LogP contribution is 2.19. The molecule has 0 aliphatic heterocycles. The highest BCUT2D eigenvalue weighted by Gasteiger charge is 2.25. The van der Waals surface area contributed by atoms with Gasteiger partial charge in [0.2, 0.25) is 5.16 Å². The second-order valence-corrected chi connectivity index (χ2v) is 7.50. The maximum absolute atomic E-state index is 12.4. The van der Waals surface area contributed by atoms with Crippen LogP contribution in [0, 0.1) is 0 Å². The summed E-state index contributed by atoms with van der Waals surface area (Å²) in [7, 11) is -3.74. The van der Waals surface area contributed by atoms with Gasteiger partial charge in [-0.05, 0) is 25.0 Å². The van der Waals surface area contributed by atoms with E-state index in [9.17, 15) is 13.2 Å². The van der Waals surface area contributed by atoms with Crippen LogP contribution < -0.4 is 10.0 Å². The summed E-state index contributed by atoms with van der Waals surface area (Å²) in [5, 5.41) is 2.44. The summed E-state index contributed by atoms with van der Waals surface area (Å²) in [5.74, 6) is -0.462. The first kappa shape index (κ1) is 16.7. The van der Waals surface area contributed by atoms with Crippen molar-refractivity contribution in [2.24, 2.45) is 0 Å². The fourth-order valence-corrected chi connectivity index (χ4v) is 3.99. The smallest absolute Gasteiger partial charge is 0.275 e. The predicted molar refractivity (Wildman–Crippen MR) is 90.2 cm³/mol. The Morgan fingerprint density at radius 2 is 1.83 bits per heavy atom. The van der Waals surface area contributed by atoms with E-state index in [4.69, 9.17) is 0 Å². The quantitative estimate of drug-likeness (QED) is 0.771. The van der Waals surface area contributed by atoms with Gasteiger partial charge in [0.15, 0.2) is 0 Å². The number of imidazole rings is 1. The summed E-state index contributed by atoms with van der Waals surface area (Å²) < 4.78 is 27.4. The number of amides is 1. The number of hydrogen-bond donors (Lipinski definition) is 3. The number of aromatic amines is 1. The van der Waals surface area contributed by atoms with Crippen molar-refractivity contribution in [2.45, 2.75) is 43.3 Å². The zero-order chi connectivity index (χ0) is 17.0. The third kappa shape index (κ3) is 4.01. The van der Waals surface area contributed by atoms with Gasteiger partial charge >= 0.3 is 0 Å². The maximum Gasteiger partial charge on any atom is 0.275 e. The van der Waals surface area contributed by atoms with E-state index in [1.165, 1.54) is 6.20 Å². The Bertz CT molecular complexity index is 796. The Kier molecular flexibility index (Phi) is 4.96. The molecule has 1 amide bonds. The summed E-state index contributed by atoms with van der Waals surface area (Å²) in [6.07, 6.45) is 6.16. The third-order valence-electron chi connectivity index (χ3n) is 4.00. The van der Waals surface area contributed by atoms with Gasteiger partial charge in [-0.2, -0.15) is 0 Å². The van der Waals surface area contributed by atoms with Crippen LogP contribution in [-0.4, -0.2) is 30.3 Å². The lowest BCUT2D eigenvalue weighted by Gasteiger charge is -2.21. The Labute approximate surface area is 140 Å². The van der Waals surface area contributed by atoms with E-state index >= 15 is 0 Å². The number of hydrogen-bond acceptors (Lipinski definition) is 4. The summed E-state index contributed by atoms with van der Waals surface area (Å²) in [4.78, 5) is 18.6. The molecule has 0 bridgehead atoms. The number of H-pyrrole nitrogens is 1. The number of nitrogens with zero attached hydrogens (tertiary/aromatic N) is 1. The molecule has 1 aliphatic carbocycles. The second-order valence-electron chi connectivity index (χ2n) is 5.87. The lowest BCUT2D eigenvalue weighted by Crippen LogP contribution is -2.36. The number of benzene rings is 1. The lowest BCUT2D eigenvalue weighted by atomic mass is 9.96. The fraction of sp³-hybridized carbons (Fsp3) is 0.375. The van der Waals surface area contributed by atoms with Gasteiger partial charge in [0, 0.05) is 17.9 Å². The van der Waals surface area contributed by atoms with Crippen molar-refractivity contribution >= 4 is 21.6 Å². The molecule has 3 rings (SSSR count). The molecule has 7 nitrogen and oxygen atoms in total. The molecule has 2 aromatic rings. The first-order valence-corrected chi connectivity index (χ1v) is 9.47. The van der Waals surface area contributed by atoms with Crippen molar-refractivity contribution in [2.75, 3.05) is 5.32 Å². The number of nitrogens with one attached hydrogen (secondary N) is 3. The van der Waals surface area contributed by atoms with E-state index in [2.05, 4.69) is 20.0 Å². The number of rotatable bonds is 5. The number of para-hydroxylation sites is 1. The highest BCUT2D eigenvalue weighted by molar-refractivity contribution is 7.89. The number of anilines is 1. The lowest BCUT2D eigenvalue weighted by molar-refractivity contribution is 0.102. The molecule has 1 saturated carbocycles. The molecule has 1 aliphatic rings. The Balaban J connectivity index is 1.68. The van der Waals surface area contributed by atoms with E-state index < -0.39 is 15.9 Å². The van der Waals surface area contributed by atoms with Gasteiger partial charge in [-0.25, -0.2) is 18.1 Å². The van der Waals surface area contributed by atoms with Crippen LogP contribution in [0.4, 0.5) is 5.69 Å². The van der Waals surface area contributed by atoms with Gasteiger partial charge in [0.05, 0.1) is 0 Å². The molecule has 128 valence electrons. The highest BCUT2D eigenvalue weighted by atomic mass is 32.2. The molecule has 8 heteroatoms. The van der Waals surface area contributed by atoms with Gasteiger partial charge in [-0.3, -0.25) is 4.79 Å². The SMILES string of the molecule is O=C(Nc1ccccc1)c1c[nH]c(S(=O)(=O)NC2CCCCC2)n1. The van der Waals surface area contributed by atoms with Crippen LogP contribution >= 0.6 is 0 Å². The van der Waals surface area contributed by atoms with E-state index in [-0.39, 0.29) is 16.9 Å². The average Bonchev–Trinajstić information content (AvgIpc) is 3.07. The van der Waals surface area contributed by atoms with E-state index in [1.807, 2.05) is 6.07 Å². The molecule has 0 atom stereocenters. The predicted octanol–water partition coefficient (Wildman–Crippen LogP) is 2.27. The molecular weight excluding hydrogens is 328 g/mol. The van der Waals surface area contributed by atoms with Crippen molar-refractivity contribution in [1.29, 1.82) is 0 Å². The number of carbonyl (C=O) groups excluding carboxylic acids is 1. The Morgan fingerprint density at radius 1 is 1.12 bits per heavy atom. The molecule has 1 aromatic carbocycles. The molecule has 0 unspecified atom stereocenters. The van der Waals surface area contributed by atoms with Crippen LogP contribution in [0.3, 0.4) is 0 Å².